The van der Waals surface area contributed by atoms with Crippen molar-refractivity contribution in [3.63, 3.8) is 0 Å². The van der Waals surface area contributed by atoms with Crippen LogP contribution in [0.15, 0.2) is 84.0 Å². The predicted molar refractivity (Wildman–Crippen MR) is 131 cm³/mol. The minimum Gasteiger partial charge on any atom is -0.325 e. The second-order valence-electron chi connectivity index (χ2n) is 7.26. The lowest BCUT2D eigenvalue weighted by Crippen LogP contribution is -2.14. The predicted octanol–water partition coefficient (Wildman–Crippen LogP) is 5.80. The van der Waals surface area contributed by atoms with Crippen molar-refractivity contribution in [3.8, 4) is 5.69 Å². The van der Waals surface area contributed by atoms with Gasteiger partial charge in [0.05, 0.1) is 5.75 Å². The van der Waals surface area contributed by atoms with Crippen molar-refractivity contribution in [2.45, 2.75) is 24.9 Å². The summed E-state index contributed by atoms with van der Waals surface area (Å²) in [7, 11) is 0. The summed E-state index contributed by atoms with van der Waals surface area (Å²) in [6.07, 6.45) is 1.63. The van der Waals surface area contributed by atoms with Gasteiger partial charge in [-0.05, 0) is 53.9 Å². The van der Waals surface area contributed by atoms with Gasteiger partial charge in [-0.15, -0.1) is 10.2 Å². The molecule has 4 aromatic rings. The fourth-order valence-corrected chi connectivity index (χ4v) is 4.18. The van der Waals surface area contributed by atoms with Crippen LogP contribution < -0.4 is 5.32 Å². The molecule has 3 aromatic carbocycles. The molecule has 162 valence electrons. The average molecular weight is 463 g/mol. The molecule has 0 radical (unpaired) electrons. The lowest BCUT2D eigenvalue weighted by molar-refractivity contribution is -0.113. The van der Waals surface area contributed by atoms with Gasteiger partial charge in [0.25, 0.3) is 0 Å². The number of hydrogen-bond donors (Lipinski definition) is 1. The Morgan fingerprint density at radius 3 is 2.34 bits per heavy atom. The quantitative estimate of drug-likeness (QED) is 0.336. The molecule has 1 heterocycles. The third-order valence-electron chi connectivity index (χ3n) is 4.97. The van der Waals surface area contributed by atoms with Crippen LogP contribution in [-0.4, -0.2) is 26.4 Å². The van der Waals surface area contributed by atoms with Crippen molar-refractivity contribution in [3.05, 3.63) is 101 Å². The van der Waals surface area contributed by atoms with Crippen molar-refractivity contribution in [2.24, 2.45) is 0 Å². The summed E-state index contributed by atoms with van der Waals surface area (Å²) in [5.74, 6) is 0.943. The molecule has 7 heteroatoms. The van der Waals surface area contributed by atoms with Crippen molar-refractivity contribution < 1.29 is 4.79 Å². The second kappa shape index (κ2) is 10.5. The molecule has 0 saturated heterocycles. The number of aromatic nitrogens is 3. The third-order valence-corrected chi connectivity index (χ3v) is 6.15. The molecule has 0 spiro atoms. The van der Waals surface area contributed by atoms with Gasteiger partial charge in [0.1, 0.15) is 5.82 Å². The zero-order valence-electron chi connectivity index (χ0n) is 17.7. The first kappa shape index (κ1) is 22.1. The smallest absolute Gasteiger partial charge is 0.234 e. The lowest BCUT2D eigenvalue weighted by Gasteiger charge is -2.11. The zero-order chi connectivity index (χ0) is 22.3. The molecule has 5 nitrogen and oxygen atoms in total. The van der Waals surface area contributed by atoms with E-state index in [0.717, 1.165) is 23.5 Å². The van der Waals surface area contributed by atoms with Gasteiger partial charge in [-0.25, -0.2) is 0 Å². The summed E-state index contributed by atoms with van der Waals surface area (Å²) in [5.41, 5.74) is 4.12. The maximum absolute atomic E-state index is 12.5. The molecule has 0 fully saturated rings. The average Bonchev–Trinajstić information content (AvgIpc) is 3.22. The minimum atomic E-state index is -0.113. The van der Waals surface area contributed by atoms with Gasteiger partial charge in [-0.2, -0.15) is 0 Å². The van der Waals surface area contributed by atoms with Gasteiger partial charge in [-0.3, -0.25) is 9.36 Å². The fraction of sp³-hybridized carbons (Fsp3) is 0.160. The highest BCUT2D eigenvalue weighted by molar-refractivity contribution is 7.99. The van der Waals surface area contributed by atoms with E-state index >= 15 is 0 Å². The topological polar surface area (TPSA) is 59.8 Å². The fourth-order valence-electron chi connectivity index (χ4n) is 3.29. The monoisotopic (exact) mass is 462 g/mol. The molecule has 0 saturated carbocycles. The molecule has 0 aliphatic carbocycles. The summed E-state index contributed by atoms with van der Waals surface area (Å²) in [6.45, 7) is 2.13. The SMILES string of the molecule is CCc1ccc(-n2c(Cc3ccccc3)nnc2SCC(=O)Nc2ccc(Cl)cc2)cc1. The summed E-state index contributed by atoms with van der Waals surface area (Å²) in [4.78, 5) is 12.5. The summed E-state index contributed by atoms with van der Waals surface area (Å²) < 4.78 is 2.03. The minimum absolute atomic E-state index is 0.113. The van der Waals surface area contributed by atoms with Crippen LogP contribution in [0.3, 0.4) is 0 Å². The number of hydrogen-bond acceptors (Lipinski definition) is 4. The molecule has 0 unspecified atom stereocenters. The van der Waals surface area contributed by atoms with E-state index in [2.05, 4.69) is 58.8 Å². The number of nitrogens with zero attached hydrogens (tertiary/aromatic N) is 3. The third kappa shape index (κ3) is 5.58. The molecule has 0 bridgehead atoms. The van der Waals surface area contributed by atoms with Crippen molar-refractivity contribution in [2.75, 3.05) is 11.1 Å². The van der Waals surface area contributed by atoms with Crippen molar-refractivity contribution >= 4 is 35.0 Å². The van der Waals surface area contributed by atoms with Crippen molar-refractivity contribution in [1.29, 1.82) is 0 Å². The Morgan fingerprint density at radius 2 is 1.66 bits per heavy atom. The Hall–Kier alpha value is -3.09. The van der Waals surface area contributed by atoms with E-state index < -0.39 is 0 Å². The molecule has 1 amide bonds. The molecule has 0 aliphatic heterocycles. The summed E-state index contributed by atoms with van der Waals surface area (Å²) in [5, 5.41) is 13.0. The summed E-state index contributed by atoms with van der Waals surface area (Å²) in [6, 6.07) is 25.6. The van der Waals surface area contributed by atoms with Crippen LogP contribution in [0, 0.1) is 0 Å². The van der Waals surface area contributed by atoms with E-state index in [4.69, 9.17) is 11.6 Å². The van der Waals surface area contributed by atoms with Gasteiger partial charge in [-0.1, -0.05) is 72.8 Å². The molecular formula is C25H23ClN4OS. The number of rotatable bonds is 8. The van der Waals surface area contributed by atoms with Crippen LogP contribution in [0.4, 0.5) is 5.69 Å². The second-order valence-corrected chi connectivity index (χ2v) is 8.64. The van der Waals surface area contributed by atoms with Gasteiger partial charge in [0, 0.05) is 22.8 Å². The van der Waals surface area contributed by atoms with Crippen molar-refractivity contribution in [1.82, 2.24) is 14.8 Å². The number of carbonyl (C=O) groups is 1. The van der Waals surface area contributed by atoms with Gasteiger partial charge < -0.3 is 5.32 Å². The number of aryl methyl sites for hydroxylation is 1. The normalized spacial score (nSPS) is 10.8. The number of nitrogens with one attached hydrogen (secondary N) is 1. The zero-order valence-corrected chi connectivity index (χ0v) is 19.2. The number of halogens is 1. The van der Waals surface area contributed by atoms with Crippen LogP contribution in [0.5, 0.6) is 0 Å². The molecule has 1 aromatic heterocycles. The molecule has 1 N–H and O–H groups in total. The van der Waals surface area contributed by atoms with E-state index in [-0.39, 0.29) is 11.7 Å². The van der Waals surface area contributed by atoms with E-state index in [1.807, 2.05) is 22.8 Å². The standard InChI is InChI=1S/C25H23ClN4OS/c1-2-18-8-14-22(15-9-18)30-23(16-19-6-4-3-5-7-19)28-29-25(30)32-17-24(31)27-21-12-10-20(26)11-13-21/h3-15H,2,16-17H2,1H3,(H,27,31). The van der Waals surface area contributed by atoms with E-state index in [0.29, 0.717) is 22.3 Å². The van der Waals surface area contributed by atoms with E-state index in [1.54, 1.807) is 24.3 Å². The first-order chi connectivity index (χ1) is 15.6. The Labute approximate surface area is 196 Å². The highest BCUT2D eigenvalue weighted by atomic mass is 35.5. The first-order valence-corrected chi connectivity index (χ1v) is 11.7. The van der Waals surface area contributed by atoms with Crippen LogP contribution in [0.25, 0.3) is 5.69 Å². The first-order valence-electron chi connectivity index (χ1n) is 10.4. The van der Waals surface area contributed by atoms with Gasteiger partial charge in [0.2, 0.25) is 5.91 Å². The largest absolute Gasteiger partial charge is 0.325 e. The Balaban J connectivity index is 1.55. The maximum atomic E-state index is 12.5. The molecule has 4 rings (SSSR count). The van der Waals surface area contributed by atoms with Crippen LogP contribution >= 0.6 is 23.4 Å². The van der Waals surface area contributed by atoms with Gasteiger partial charge >= 0.3 is 0 Å². The Bertz CT molecular complexity index is 1180. The molecule has 0 atom stereocenters. The highest BCUT2D eigenvalue weighted by Gasteiger charge is 2.16. The number of amides is 1. The van der Waals surface area contributed by atoms with Crippen LogP contribution in [-0.2, 0) is 17.6 Å². The van der Waals surface area contributed by atoms with E-state index in [1.165, 1.54) is 17.3 Å². The molecule has 32 heavy (non-hydrogen) atoms. The number of carbonyl (C=O) groups excluding carboxylic acids is 1. The van der Waals surface area contributed by atoms with Gasteiger partial charge in [0.15, 0.2) is 5.16 Å². The number of benzene rings is 3. The highest BCUT2D eigenvalue weighted by Crippen LogP contribution is 2.24. The molecular weight excluding hydrogens is 440 g/mol. The van der Waals surface area contributed by atoms with E-state index in [9.17, 15) is 4.79 Å². The summed E-state index contributed by atoms with van der Waals surface area (Å²) >= 11 is 7.27. The number of thioether (sulfide) groups is 1. The molecule has 0 aliphatic rings. The lowest BCUT2D eigenvalue weighted by atomic mass is 10.1. The number of anilines is 1. The van der Waals surface area contributed by atoms with Crippen LogP contribution in [0.2, 0.25) is 5.02 Å². The Kier molecular flexibility index (Phi) is 7.24. The maximum Gasteiger partial charge on any atom is 0.234 e. The van der Waals surface area contributed by atoms with Crippen LogP contribution in [0.1, 0.15) is 23.9 Å². The Morgan fingerprint density at radius 1 is 0.938 bits per heavy atom.